The average molecular weight is 442 g/mol. The maximum Gasteiger partial charge on any atom is 0.267 e. The SMILES string of the molecule is Cc1ccnc(-n2c(SCc3cc(=O)n4c(C)cccc4n3)nc3ccccc3c2=O)c1. The zero-order valence-corrected chi connectivity index (χ0v) is 18.3. The number of thioether (sulfide) groups is 1. The normalized spacial score (nSPS) is 11.3. The summed E-state index contributed by atoms with van der Waals surface area (Å²) in [6.07, 6.45) is 1.68. The third-order valence-corrected chi connectivity index (χ3v) is 6.13. The number of nitrogens with zero attached hydrogens (tertiary/aromatic N) is 5. The van der Waals surface area contributed by atoms with Gasteiger partial charge in [-0.1, -0.05) is 30.0 Å². The molecule has 0 bridgehead atoms. The van der Waals surface area contributed by atoms with Gasteiger partial charge in [-0.05, 0) is 55.8 Å². The first-order valence-corrected chi connectivity index (χ1v) is 11.1. The second-order valence-corrected chi connectivity index (χ2v) is 8.42. The Kier molecular flexibility index (Phi) is 5.07. The van der Waals surface area contributed by atoms with E-state index in [4.69, 9.17) is 4.98 Å². The zero-order chi connectivity index (χ0) is 22.2. The van der Waals surface area contributed by atoms with Crippen LogP contribution in [0.1, 0.15) is 17.0 Å². The third-order valence-electron chi connectivity index (χ3n) is 5.16. The molecule has 0 amide bonds. The van der Waals surface area contributed by atoms with Crippen LogP contribution in [0.4, 0.5) is 0 Å². The van der Waals surface area contributed by atoms with Crippen molar-refractivity contribution in [3.05, 3.63) is 105 Å². The molecule has 0 fully saturated rings. The molecule has 0 aliphatic rings. The second kappa shape index (κ2) is 8.05. The minimum absolute atomic E-state index is 0.132. The Bertz CT molecular complexity index is 1610. The van der Waals surface area contributed by atoms with Gasteiger partial charge in [-0.2, -0.15) is 0 Å². The molecular weight excluding hydrogens is 422 g/mol. The van der Waals surface area contributed by atoms with Crippen molar-refractivity contribution in [3.63, 3.8) is 0 Å². The van der Waals surface area contributed by atoms with Crippen molar-refractivity contribution >= 4 is 28.3 Å². The van der Waals surface area contributed by atoms with Crippen LogP contribution in [0.2, 0.25) is 0 Å². The minimum atomic E-state index is -0.182. The van der Waals surface area contributed by atoms with E-state index < -0.39 is 0 Å². The van der Waals surface area contributed by atoms with E-state index in [9.17, 15) is 9.59 Å². The fraction of sp³-hybridized carbons (Fsp3) is 0.125. The predicted octanol–water partition coefficient (Wildman–Crippen LogP) is 3.70. The van der Waals surface area contributed by atoms with Gasteiger partial charge in [0.05, 0.1) is 16.6 Å². The molecular formula is C24H19N5O2S. The molecule has 1 aromatic carbocycles. The maximum atomic E-state index is 13.3. The van der Waals surface area contributed by atoms with E-state index in [-0.39, 0.29) is 11.1 Å². The predicted molar refractivity (Wildman–Crippen MR) is 126 cm³/mol. The number of aromatic nitrogens is 5. The lowest BCUT2D eigenvalue weighted by Gasteiger charge is -2.13. The second-order valence-electron chi connectivity index (χ2n) is 7.48. The molecule has 7 nitrogen and oxygen atoms in total. The lowest BCUT2D eigenvalue weighted by Crippen LogP contribution is -2.23. The first kappa shape index (κ1) is 20.1. The summed E-state index contributed by atoms with van der Waals surface area (Å²) >= 11 is 1.35. The molecule has 0 aliphatic heterocycles. The molecule has 0 spiro atoms. The Morgan fingerprint density at radius 3 is 2.62 bits per heavy atom. The van der Waals surface area contributed by atoms with Crippen LogP contribution in [-0.2, 0) is 5.75 Å². The van der Waals surface area contributed by atoms with E-state index >= 15 is 0 Å². The molecule has 0 radical (unpaired) electrons. The number of hydrogen-bond acceptors (Lipinski definition) is 6. The number of pyridine rings is 2. The lowest BCUT2D eigenvalue weighted by molar-refractivity contribution is 0.794. The Morgan fingerprint density at radius 1 is 0.938 bits per heavy atom. The Morgan fingerprint density at radius 2 is 1.78 bits per heavy atom. The third kappa shape index (κ3) is 3.58. The van der Waals surface area contributed by atoms with Gasteiger partial charge in [0.2, 0.25) is 0 Å². The highest BCUT2D eigenvalue weighted by Crippen LogP contribution is 2.23. The van der Waals surface area contributed by atoms with Crippen molar-refractivity contribution in [2.45, 2.75) is 24.8 Å². The van der Waals surface area contributed by atoms with Crippen LogP contribution in [-0.4, -0.2) is 23.9 Å². The summed E-state index contributed by atoms with van der Waals surface area (Å²) in [5.74, 6) is 0.897. The maximum absolute atomic E-state index is 13.3. The summed E-state index contributed by atoms with van der Waals surface area (Å²) in [6.45, 7) is 3.82. The van der Waals surface area contributed by atoms with Crippen LogP contribution in [0.25, 0.3) is 22.4 Å². The van der Waals surface area contributed by atoms with Gasteiger partial charge in [-0.15, -0.1) is 0 Å². The molecule has 0 N–H and O–H groups in total. The van der Waals surface area contributed by atoms with Gasteiger partial charge >= 0.3 is 0 Å². The molecule has 0 unspecified atom stereocenters. The molecule has 8 heteroatoms. The largest absolute Gasteiger partial charge is 0.269 e. The number of rotatable bonds is 4. The van der Waals surface area contributed by atoms with Gasteiger partial charge in [0.1, 0.15) is 11.5 Å². The summed E-state index contributed by atoms with van der Waals surface area (Å²) in [5, 5.41) is 1.02. The van der Waals surface area contributed by atoms with Crippen LogP contribution >= 0.6 is 11.8 Å². The lowest BCUT2D eigenvalue weighted by atomic mass is 10.2. The molecule has 158 valence electrons. The molecule has 0 aliphatic carbocycles. The molecule has 0 saturated carbocycles. The van der Waals surface area contributed by atoms with Crippen LogP contribution < -0.4 is 11.1 Å². The number of para-hydroxylation sites is 1. The average Bonchev–Trinajstić information content (AvgIpc) is 2.77. The number of aryl methyl sites for hydroxylation is 2. The smallest absolute Gasteiger partial charge is 0.267 e. The Balaban J connectivity index is 1.61. The molecule has 0 atom stereocenters. The van der Waals surface area contributed by atoms with Gasteiger partial charge in [0, 0.05) is 23.7 Å². The van der Waals surface area contributed by atoms with E-state index in [0.29, 0.717) is 39.0 Å². The van der Waals surface area contributed by atoms with Crippen molar-refractivity contribution in [1.82, 2.24) is 23.9 Å². The Labute approximate surface area is 187 Å². The van der Waals surface area contributed by atoms with E-state index in [1.807, 2.05) is 62.4 Å². The molecule has 4 heterocycles. The van der Waals surface area contributed by atoms with Crippen molar-refractivity contribution in [2.24, 2.45) is 0 Å². The molecule has 0 saturated heterocycles. The number of fused-ring (bicyclic) bond motifs is 2. The summed E-state index contributed by atoms with van der Waals surface area (Å²) in [6, 6.07) is 18.1. The van der Waals surface area contributed by atoms with Crippen LogP contribution in [0.15, 0.2) is 81.6 Å². The van der Waals surface area contributed by atoms with Crippen molar-refractivity contribution in [1.29, 1.82) is 0 Å². The van der Waals surface area contributed by atoms with Crippen molar-refractivity contribution in [2.75, 3.05) is 0 Å². The van der Waals surface area contributed by atoms with Gasteiger partial charge in [-0.25, -0.2) is 19.5 Å². The highest BCUT2D eigenvalue weighted by Gasteiger charge is 2.15. The monoisotopic (exact) mass is 441 g/mol. The highest BCUT2D eigenvalue weighted by atomic mass is 32.2. The molecule has 5 aromatic rings. The first-order valence-electron chi connectivity index (χ1n) is 10.1. The fourth-order valence-corrected chi connectivity index (χ4v) is 4.52. The van der Waals surface area contributed by atoms with Gasteiger partial charge in [0.15, 0.2) is 5.16 Å². The topological polar surface area (TPSA) is 82.2 Å². The van der Waals surface area contributed by atoms with E-state index in [2.05, 4.69) is 9.97 Å². The first-order chi connectivity index (χ1) is 15.5. The summed E-state index contributed by atoms with van der Waals surface area (Å²) < 4.78 is 3.10. The van der Waals surface area contributed by atoms with Crippen molar-refractivity contribution < 1.29 is 0 Å². The van der Waals surface area contributed by atoms with E-state index in [1.54, 1.807) is 16.7 Å². The van der Waals surface area contributed by atoms with Crippen LogP contribution in [0, 0.1) is 13.8 Å². The quantitative estimate of drug-likeness (QED) is 0.312. The Hall–Kier alpha value is -3.78. The molecule has 5 rings (SSSR count). The number of hydrogen-bond donors (Lipinski definition) is 0. The standard InChI is InChI=1S/C24H19N5O2S/c1-15-10-11-25-21(12-15)29-23(31)18-7-3-4-8-19(18)27-24(29)32-14-17-13-22(30)28-16(2)6-5-9-20(28)26-17/h3-13H,14H2,1-2H3. The minimum Gasteiger partial charge on any atom is -0.269 e. The van der Waals surface area contributed by atoms with Crippen LogP contribution in [0.5, 0.6) is 0 Å². The van der Waals surface area contributed by atoms with Gasteiger partial charge < -0.3 is 0 Å². The number of benzene rings is 1. The summed E-state index contributed by atoms with van der Waals surface area (Å²) in [5.41, 5.74) is 3.34. The van der Waals surface area contributed by atoms with E-state index in [1.165, 1.54) is 22.4 Å². The van der Waals surface area contributed by atoms with Crippen molar-refractivity contribution in [3.8, 4) is 5.82 Å². The zero-order valence-electron chi connectivity index (χ0n) is 17.5. The molecule has 4 aromatic heterocycles. The fourth-order valence-electron chi connectivity index (χ4n) is 3.63. The summed E-state index contributed by atoms with van der Waals surface area (Å²) in [7, 11) is 0. The van der Waals surface area contributed by atoms with Gasteiger partial charge in [-0.3, -0.25) is 14.0 Å². The van der Waals surface area contributed by atoms with Crippen LogP contribution in [0.3, 0.4) is 0 Å². The highest BCUT2D eigenvalue weighted by molar-refractivity contribution is 7.98. The van der Waals surface area contributed by atoms with Gasteiger partial charge in [0.25, 0.3) is 11.1 Å². The van der Waals surface area contributed by atoms with E-state index in [0.717, 1.165) is 11.3 Å². The summed E-state index contributed by atoms with van der Waals surface area (Å²) in [4.78, 5) is 39.7. The molecule has 32 heavy (non-hydrogen) atoms.